The van der Waals surface area contributed by atoms with Gasteiger partial charge in [0, 0.05) is 41.7 Å². The molecular formula is C45H40N2O7. The van der Waals surface area contributed by atoms with Crippen LogP contribution in [0.3, 0.4) is 0 Å². The number of carbonyl (C=O) groups is 4. The number of amides is 2. The predicted octanol–water partition coefficient (Wildman–Crippen LogP) is 6.27. The molecule has 4 aromatic rings. The molecule has 2 saturated heterocycles. The van der Waals surface area contributed by atoms with E-state index in [1.807, 2.05) is 91.0 Å². The molecular weight excluding hydrogens is 681 g/mol. The smallest absolute Gasteiger partial charge is 0.238 e. The van der Waals surface area contributed by atoms with E-state index < -0.39 is 35.0 Å². The summed E-state index contributed by atoms with van der Waals surface area (Å²) in [5, 5.41) is 11.7. The van der Waals surface area contributed by atoms with Gasteiger partial charge in [-0.25, -0.2) is 0 Å². The number of hydrogen-bond acceptors (Lipinski definition) is 8. The summed E-state index contributed by atoms with van der Waals surface area (Å²) >= 11 is 0. The highest BCUT2D eigenvalue weighted by atomic mass is 16.5. The lowest BCUT2D eigenvalue weighted by Crippen LogP contribution is -2.58. The Morgan fingerprint density at radius 2 is 1.46 bits per heavy atom. The lowest BCUT2D eigenvalue weighted by molar-refractivity contribution is -0.135. The minimum atomic E-state index is -1.47. The predicted molar refractivity (Wildman–Crippen MR) is 203 cm³/mol. The number of ether oxygens (including phenoxy) is 2. The molecule has 9 nitrogen and oxygen atoms in total. The third-order valence-corrected chi connectivity index (χ3v) is 12.4. The van der Waals surface area contributed by atoms with Gasteiger partial charge in [0.2, 0.25) is 11.8 Å². The summed E-state index contributed by atoms with van der Waals surface area (Å²) < 4.78 is 11.4. The zero-order valence-electron chi connectivity index (χ0n) is 29.9. The number of hydrogen-bond donors (Lipinski definition) is 1. The van der Waals surface area contributed by atoms with Gasteiger partial charge in [0.05, 0.1) is 43.3 Å². The van der Waals surface area contributed by atoms with Crippen molar-refractivity contribution in [2.45, 2.75) is 24.2 Å². The van der Waals surface area contributed by atoms with Crippen molar-refractivity contribution in [2.75, 3.05) is 43.2 Å². The lowest BCUT2D eigenvalue weighted by Gasteiger charge is -2.55. The fraction of sp³-hybridized carbons (Fsp3) is 0.289. The van der Waals surface area contributed by atoms with Crippen LogP contribution in [0.1, 0.15) is 35.4 Å². The van der Waals surface area contributed by atoms with Crippen LogP contribution in [0.2, 0.25) is 0 Å². The second kappa shape index (κ2) is 13.2. The maximum Gasteiger partial charge on any atom is 0.238 e. The quantitative estimate of drug-likeness (QED) is 0.183. The first-order chi connectivity index (χ1) is 26.3. The van der Waals surface area contributed by atoms with Crippen molar-refractivity contribution in [2.24, 2.45) is 23.7 Å². The van der Waals surface area contributed by atoms with Gasteiger partial charge in [-0.15, -0.1) is 0 Å². The van der Waals surface area contributed by atoms with Crippen LogP contribution in [0.5, 0.6) is 11.5 Å². The van der Waals surface area contributed by atoms with Crippen molar-refractivity contribution in [3.05, 3.63) is 138 Å². The monoisotopic (exact) mass is 720 g/mol. The van der Waals surface area contributed by atoms with Crippen LogP contribution in [0.15, 0.2) is 121 Å². The molecule has 2 aliphatic heterocycles. The zero-order chi connectivity index (χ0) is 37.1. The average molecular weight is 721 g/mol. The molecule has 272 valence electrons. The number of nitrogens with zero attached hydrogens (tertiary/aromatic N) is 2. The van der Waals surface area contributed by atoms with Gasteiger partial charge in [-0.05, 0) is 72.4 Å². The van der Waals surface area contributed by atoms with E-state index in [1.54, 1.807) is 18.2 Å². The number of phenolic OH excluding ortho intramolecular Hbond substituents is 1. The van der Waals surface area contributed by atoms with E-state index in [4.69, 9.17) is 9.47 Å². The maximum atomic E-state index is 15.3. The molecule has 0 radical (unpaired) electrons. The van der Waals surface area contributed by atoms with E-state index in [2.05, 4.69) is 4.90 Å². The van der Waals surface area contributed by atoms with Gasteiger partial charge < -0.3 is 19.5 Å². The third kappa shape index (κ3) is 5.01. The van der Waals surface area contributed by atoms with E-state index in [0.29, 0.717) is 46.9 Å². The third-order valence-electron chi connectivity index (χ3n) is 12.4. The molecule has 9 rings (SSSR count). The lowest BCUT2D eigenvalue weighted by atomic mass is 9.44. The van der Waals surface area contributed by atoms with E-state index >= 15 is 9.59 Å². The van der Waals surface area contributed by atoms with Crippen LogP contribution in [-0.4, -0.2) is 61.9 Å². The minimum absolute atomic E-state index is 0.0778. The Hall–Kier alpha value is -5.80. The topological polar surface area (TPSA) is 113 Å². The molecule has 0 spiro atoms. The molecule has 0 aromatic heterocycles. The van der Waals surface area contributed by atoms with Gasteiger partial charge >= 0.3 is 0 Å². The molecule has 3 aliphatic carbocycles. The SMILES string of the molecule is COc1cccc(O)c1C1C2=CCC3C(=O)N(c4ccc(N5CCOCC5)cc4)C(=O)C3C2CC2C(=O)C(c3ccccc3)=CC(=O)C21c1ccccc1. The van der Waals surface area contributed by atoms with Gasteiger partial charge in [-0.3, -0.25) is 24.1 Å². The van der Waals surface area contributed by atoms with Gasteiger partial charge in [0.15, 0.2) is 11.6 Å². The normalized spacial score (nSPS) is 27.8. The molecule has 0 bridgehead atoms. The molecule has 3 fully saturated rings. The van der Waals surface area contributed by atoms with Crippen LogP contribution in [-0.2, 0) is 29.3 Å². The summed E-state index contributed by atoms with van der Waals surface area (Å²) in [6.07, 6.45) is 3.91. The van der Waals surface area contributed by atoms with Crippen LogP contribution in [0.4, 0.5) is 11.4 Å². The summed E-state index contributed by atoms with van der Waals surface area (Å²) in [6, 6.07) is 31.0. The summed E-state index contributed by atoms with van der Waals surface area (Å²) in [6.45, 7) is 2.81. The second-order valence-corrected chi connectivity index (χ2v) is 14.8. The summed E-state index contributed by atoms with van der Waals surface area (Å²) in [5.74, 6) is -4.54. The summed E-state index contributed by atoms with van der Waals surface area (Å²) in [7, 11) is 1.51. The van der Waals surface area contributed by atoms with Crippen molar-refractivity contribution < 1.29 is 33.8 Å². The number of allylic oxidation sites excluding steroid dienone is 4. The maximum absolute atomic E-state index is 15.3. The van der Waals surface area contributed by atoms with Gasteiger partial charge in [0.25, 0.3) is 0 Å². The zero-order valence-corrected chi connectivity index (χ0v) is 29.9. The summed E-state index contributed by atoms with van der Waals surface area (Å²) in [4.78, 5) is 63.0. The number of morpholine rings is 1. The van der Waals surface area contributed by atoms with Crippen LogP contribution in [0.25, 0.3) is 5.57 Å². The fourth-order valence-corrected chi connectivity index (χ4v) is 10.1. The highest BCUT2D eigenvalue weighted by Crippen LogP contribution is 2.65. The molecule has 6 atom stereocenters. The van der Waals surface area contributed by atoms with Crippen molar-refractivity contribution >= 4 is 40.3 Å². The van der Waals surface area contributed by atoms with Crippen LogP contribution >= 0.6 is 0 Å². The van der Waals surface area contributed by atoms with Crippen molar-refractivity contribution in [1.82, 2.24) is 0 Å². The Morgan fingerprint density at radius 1 is 0.778 bits per heavy atom. The highest BCUT2D eigenvalue weighted by Gasteiger charge is 2.66. The first-order valence-corrected chi connectivity index (χ1v) is 18.6. The Balaban J connectivity index is 1.21. The van der Waals surface area contributed by atoms with Crippen LogP contribution < -0.4 is 14.5 Å². The number of fused-ring (bicyclic) bond motifs is 4. The molecule has 1 saturated carbocycles. The van der Waals surface area contributed by atoms with E-state index in [1.165, 1.54) is 18.1 Å². The molecule has 54 heavy (non-hydrogen) atoms. The Bertz CT molecular complexity index is 2230. The van der Waals surface area contributed by atoms with Crippen molar-refractivity contribution in [1.29, 1.82) is 0 Å². The Kier molecular flexibility index (Phi) is 8.34. The molecule has 5 aliphatic rings. The number of rotatable bonds is 6. The fourth-order valence-electron chi connectivity index (χ4n) is 10.1. The number of Topliss-reactive ketones (excluding diaryl/α,β-unsaturated/α-hetero) is 1. The number of carbonyl (C=O) groups excluding carboxylic acids is 4. The van der Waals surface area contributed by atoms with E-state index in [-0.39, 0.29) is 42.0 Å². The number of phenols is 1. The molecule has 4 aromatic carbocycles. The van der Waals surface area contributed by atoms with Gasteiger partial charge in [0.1, 0.15) is 11.5 Å². The summed E-state index contributed by atoms with van der Waals surface area (Å²) in [5.41, 5.74) is 2.76. The number of ketones is 2. The second-order valence-electron chi connectivity index (χ2n) is 14.8. The van der Waals surface area contributed by atoms with Gasteiger partial charge in [-0.1, -0.05) is 78.4 Å². The Morgan fingerprint density at radius 3 is 2.17 bits per heavy atom. The number of methoxy groups -OCH3 is 1. The molecule has 1 N–H and O–H groups in total. The number of anilines is 2. The first kappa shape index (κ1) is 34.0. The number of aromatic hydroxyl groups is 1. The standard InChI is InChI=1S/C45H40N2O7/c1-53-37-14-8-13-36(48)40(37)41-31-19-20-32-39(44(52)47(43(32)51)30-17-15-29(16-18-30)46-21-23-54-24-22-46)34(31)25-35-42(50)33(27-9-4-2-5-10-27)26-38(49)45(35,41)28-11-6-3-7-12-28/h2-19,26,32,34-35,39,41,48H,20-25H2,1H3. The van der Waals surface area contributed by atoms with Crippen LogP contribution in [0, 0.1) is 23.7 Å². The molecule has 6 unspecified atom stereocenters. The average Bonchev–Trinajstić information content (AvgIpc) is 3.48. The number of imide groups is 1. The van der Waals surface area contributed by atoms with Crippen molar-refractivity contribution in [3.8, 4) is 11.5 Å². The van der Waals surface area contributed by atoms with Crippen molar-refractivity contribution in [3.63, 3.8) is 0 Å². The van der Waals surface area contributed by atoms with Gasteiger partial charge in [-0.2, -0.15) is 0 Å². The number of benzene rings is 4. The first-order valence-electron chi connectivity index (χ1n) is 18.6. The van der Waals surface area contributed by atoms with E-state index in [9.17, 15) is 14.7 Å². The largest absolute Gasteiger partial charge is 0.508 e. The minimum Gasteiger partial charge on any atom is -0.508 e. The van der Waals surface area contributed by atoms with E-state index in [0.717, 1.165) is 24.4 Å². The molecule has 2 heterocycles. The Labute approximate surface area is 313 Å². The molecule has 9 heteroatoms. The molecule has 2 amide bonds. The highest BCUT2D eigenvalue weighted by molar-refractivity contribution is 6.32.